The first-order valence-electron chi connectivity index (χ1n) is 11.1. The van der Waals surface area contributed by atoms with Gasteiger partial charge in [0.15, 0.2) is 5.79 Å². The molecule has 7 atom stereocenters. The van der Waals surface area contributed by atoms with Crippen LogP contribution in [-0.2, 0) is 15.1 Å². The van der Waals surface area contributed by atoms with Crippen LogP contribution >= 0.6 is 0 Å². The second-order valence-corrected chi connectivity index (χ2v) is 10.5. The molecule has 30 heavy (non-hydrogen) atoms. The van der Waals surface area contributed by atoms with Gasteiger partial charge < -0.3 is 24.4 Å². The van der Waals surface area contributed by atoms with Crippen LogP contribution in [0.5, 0.6) is 5.75 Å². The Morgan fingerprint density at radius 1 is 1.20 bits per heavy atom. The molecule has 5 nitrogen and oxygen atoms in total. The third-order valence-electron chi connectivity index (χ3n) is 9.04. The van der Waals surface area contributed by atoms with E-state index in [1.807, 2.05) is 19.9 Å². The fraction of sp³-hybridized carbons (Fsp3) is 0.680. The van der Waals surface area contributed by atoms with Crippen LogP contribution in [0.15, 0.2) is 18.2 Å². The van der Waals surface area contributed by atoms with Crippen molar-refractivity contribution >= 4 is 6.08 Å². The molecule has 2 aliphatic carbocycles. The summed E-state index contributed by atoms with van der Waals surface area (Å²) in [6.07, 6.45) is 5.55. The van der Waals surface area contributed by atoms with Gasteiger partial charge in [-0.1, -0.05) is 32.1 Å². The van der Waals surface area contributed by atoms with E-state index in [2.05, 4.69) is 39.0 Å². The van der Waals surface area contributed by atoms with Gasteiger partial charge in [0.1, 0.15) is 17.5 Å². The topological polar surface area (TPSA) is 68.2 Å². The average Bonchev–Trinajstić information content (AvgIpc) is 3.03. The average molecular weight is 415 g/mol. The van der Waals surface area contributed by atoms with E-state index >= 15 is 0 Å². The van der Waals surface area contributed by atoms with Crippen molar-refractivity contribution < 1.29 is 24.4 Å². The van der Waals surface area contributed by atoms with Gasteiger partial charge in [0.2, 0.25) is 0 Å². The summed E-state index contributed by atoms with van der Waals surface area (Å²) in [7, 11) is 1.70. The molecule has 0 radical (unpaired) electrons. The van der Waals surface area contributed by atoms with Crippen molar-refractivity contribution in [1.82, 2.24) is 0 Å². The van der Waals surface area contributed by atoms with Crippen LogP contribution in [0.3, 0.4) is 0 Å². The number of rotatable bonds is 2. The van der Waals surface area contributed by atoms with Crippen LogP contribution in [0.25, 0.3) is 6.08 Å². The quantitative estimate of drug-likeness (QED) is 0.771. The van der Waals surface area contributed by atoms with Crippen molar-refractivity contribution in [3.05, 3.63) is 34.9 Å². The first-order valence-corrected chi connectivity index (χ1v) is 11.1. The highest BCUT2D eigenvalue weighted by molar-refractivity contribution is 5.67. The number of benzene rings is 1. The van der Waals surface area contributed by atoms with E-state index in [1.54, 1.807) is 7.11 Å². The molecule has 2 heterocycles. The Balaban J connectivity index is 1.71. The maximum absolute atomic E-state index is 11.4. The molecule has 0 amide bonds. The Morgan fingerprint density at radius 2 is 1.93 bits per heavy atom. The summed E-state index contributed by atoms with van der Waals surface area (Å²) >= 11 is 0. The number of hydrogen-bond acceptors (Lipinski definition) is 5. The van der Waals surface area contributed by atoms with Crippen LogP contribution in [0.1, 0.15) is 57.2 Å². The first-order chi connectivity index (χ1) is 14.1. The second kappa shape index (κ2) is 6.10. The fourth-order valence-electron chi connectivity index (χ4n) is 7.27. The van der Waals surface area contributed by atoms with Crippen molar-refractivity contribution in [1.29, 1.82) is 0 Å². The van der Waals surface area contributed by atoms with E-state index in [1.165, 1.54) is 0 Å². The van der Waals surface area contributed by atoms with E-state index in [-0.39, 0.29) is 17.9 Å². The van der Waals surface area contributed by atoms with Gasteiger partial charge in [-0.25, -0.2) is 0 Å². The third kappa shape index (κ3) is 2.12. The zero-order valence-corrected chi connectivity index (χ0v) is 18.9. The smallest absolute Gasteiger partial charge is 0.199 e. The molecule has 3 fully saturated rings. The minimum Gasteiger partial charge on any atom is -0.496 e. The molecular weight excluding hydrogens is 380 g/mol. The van der Waals surface area contributed by atoms with Crippen LogP contribution in [0.4, 0.5) is 0 Å². The van der Waals surface area contributed by atoms with Gasteiger partial charge in [0.05, 0.1) is 19.3 Å². The number of aliphatic hydroxyl groups excluding tert-OH is 2. The molecule has 2 N–H and O–H groups in total. The molecule has 1 saturated carbocycles. The van der Waals surface area contributed by atoms with Gasteiger partial charge in [0, 0.05) is 17.3 Å². The molecule has 2 saturated heterocycles. The molecule has 4 aliphatic rings. The minimum atomic E-state index is -1.13. The van der Waals surface area contributed by atoms with Crippen molar-refractivity contribution in [2.24, 2.45) is 23.2 Å². The summed E-state index contributed by atoms with van der Waals surface area (Å²) in [5, 5.41) is 21.5. The van der Waals surface area contributed by atoms with Gasteiger partial charge in [-0.15, -0.1) is 0 Å². The van der Waals surface area contributed by atoms with E-state index in [0.717, 1.165) is 35.3 Å². The standard InChI is InChI=1S/C25H34O5/c1-14-16-9-11-23(5)17-10-12-24(23,18(16)7-8-20(14)28-6)30-25(15(17)2)21(27)19(13-26)22(3,4)29-25/h7-9,11,15,17,19,21,26-27H,10,12-13H2,1-6H3/t15-,17+,19-,21+,23+,24-,25+/m0/s1. The predicted octanol–water partition coefficient (Wildman–Crippen LogP) is 3.78. The molecule has 2 aliphatic heterocycles. The molecule has 5 rings (SSSR count). The Morgan fingerprint density at radius 3 is 2.57 bits per heavy atom. The van der Waals surface area contributed by atoms with Crippen molar-refractivity contribution in [2.45, 2.75) is 70.6 Å². The summed E-state index contributed by atoms with van der Waals surface area (Å²) < 4.78 is 19.2. The van der Waals surface area contributed by atoms with E-state index in [4.69, 9.17) is 14.2 Å². The van der Waals surface area contributed by atoms with E-state index < -0.39 is 29.0 Å². The summed E-state index contributed by atoms with van der Waals surface area (Å²) in [5.74, 6) is -0.356. The molecule has 1 aromatic carbocycles. The van der Waals surface area contributed by atoms with E-state index in [0.29, 0.717) is 5.92 Å². The Kier molecular flexibility index (Phi) is 4.17. The summed E-state index contributed by atoms with van der Waals surface area (Å²) in [5.41, 5.74) is 1.96. The number of hydrogen-bond donors (Lipinski definition) is 2. The molecule has 0 unspecified atom stereocenters. The van der Waals surface area contributed by atoms with Crippen LogP contribution < -0.4 is 4.74 Å². The maximum atomic E-state index is 11.4. The highest BCUT2D eigenvalue weighted by Crippen LogP contribution is 2.71. The lowest BCUT2D eigenvalue weighted by Gasteiger charge is -2.59. The number of aliphatic hydroxyl groups is 2. The highest BCUT2D eigenvalue weighted by atomic mass is 16.7. The van der Waals surface area contributed by atoms with Gasteiger partial charge >= 0.3 is 0 Å². The van der Waals surface area contributed by atoms with Gasteiger partial charge in [-0.2, -0.15) is 0 Å². The molecule has 1 aromatic rings. The lowest BCUT2D eigenvalue weighted by Crippen LogP contribution is -2.65. The van der Waals surface area contributed by atoms with Crippen LogP contribution in [0, 0.1) is 30.1 Å². The SMILES string of the molecule is COc1ccc2c(c1C)C=C[C@]1(C)[C@@H]3CC[C@]21O[C@]1(OC(C)(C)[C@@H](CO)[C@H]1O)[C@H]3C. The largest absolute Gasteiger partial charge is 0.496 e. The molecule has 1 spiro atoms. The summed E-state index contributed by atoms with van der Waals surface area (Å²) in [6.45, 7) is 10.3. The van der Waals surface area contributed by atoms with E-state index in [9.17, 15) is 10.2 Å². The molecule has 2 bridgehead atoms. The summed E-state index contributed by atoms with van der Waals surface area (Å²) in [4.78, 5) is 0. The first kappa shape index (κ1) is 20.5. The van der Waals surface area contributed by atoms with Gasteiger partial charge in [0.25, 0.3) is 0 Å². The number of ether oxygens (including phenoxy) is 3. The zero-order valence-electron chi connectivity index (χ0n) is 18.9. The molecule has 164 valence electrons. The molecule has 0 aromatic heterocycles. The predicted molar refractivity (Wildman–Crippen MR) is 114 cm³/mol. The second-order valence-electron chi connectivity index (χ2n) is 10.5. The van der Waals surface area contributed by atoms with Gasteiger partial charge in [-0.3, -0.25) is 0 Å². The normalized spacial score (nSPS) is 45.5. The Labute approximate surface area is 179 Å². The van der Waals surface area contributed by atoms with Gasteiger partial charge in [-0.05, 0) is 62.3 Å². The lowest BCUT2D eigenvalue weighted by molar-refractivity contribution is -0.382. The summed E-state index contributed by atoms with van der Waals surface area (Å²) in [6, 6.07) is 4.15. The molecule has 5 heteroatoms. The van der Waals surface area contributed by atoms with Crippen molar-refractivity contribution in [2.75, 3.05) is 13.7 Å². The maximum Gasteiger partial charge on any atom is 0.199 e. The fourth-order valence-corrected chi connectivity index (χ4v) is 7.27. The van der Waals surface area contributed by atoms with Crippen LogP contribution in [0.2, 0.25) is 0 Å². The van der Waals surface area contributed by atoms with Crippen LogP contribution in [-0.4, -0.2) is 41.4 Å². The third-order valence-corrected chi connectivity index (χ3v) is 9.04. The Bertz CT molecular complexity index is 922. The Hall–Kier alpha value is -1.40. The zero-order chi connectivity index (χ0) is 21.7. The number of methoxy groups -OCH3 is 1. The minimum absolute atomic E-state index is 0.00510. The van der Waals surface area contributed by atoms with Crippen molar-refractivity contribution in [3.8, 4) is 5.75 Å². The lowest BCUT2D eigenvalue weighted by atomic mass is 9.57. The molecular formula is C25H34O5. The monoisotopic (exact) mass is 414 g/mol. The number of fused-ring (bicyclic) bond motifs is 1. The van der Waals surface area contributed by atoms with Crippen molar-refractivity contribution in [3.63, 3.8) is 0 Å². The highest BCUT2D eigenvalue weighted by Gasteiger charge is 2.75.